The van der Waals surface area contributed by atoms with Crippen LogP contribution in [0.15, 0.2) is 30.3 Å². The highest BCUT2D eigenvalue weighted by molar-refractivity contribution is 6.36. The van der Waals surface area contributed by atoms with Crippen LogP contribution in [0.2, 0.25) is 10.0 Å². The van der Waals surface area contributed by atoms with Gasteiger partial charge in [-0.2, -0.15) is 13.2 Å². The molecule has 24 heavy (non-hydrogen) atoms. The van der Waals surface area contributed by atoms with Gasteiger partial charge in [-0.05, 0) is 42.3 Å². The molecule has 126 valence electrons. The standard InChI is InChI=1S/C17H13Cl2F3N2/c1-9-6-10(17(20,21)22)7-14-16(9)24(2)15(23-14)8-11-12(18)4-3-5-13(11)19/h3-7H,8H2,1-2H3. The van der Waals surface area contributed by atoms with Crippen LogP contribution < -0.4 is 0 Å². The summed E-state index contributed by atoms with van der Waals surface area (Å²) in [6.45, 7) is 1.64. The van der Waals surface area contributed by atoms with E-state index in [0.29, 0.717) is 44.5 Å². The van der Waals surface area contributed by atoms with Crippen molar-refractivity contribution in [3.63, 3.8) is 0 Å². The Morgan fingerprint density at radius 2 is 1.75 bits per heavy atom. The van der Waals surface area contributed by atoms with E-state index in [1.807, 2.05) is 0 Å². The summed E-state index contributed by atoms with van der Waals surface area (Å²) in [5, 5.41) is 1.00. The van der Waals surface area contributed by atoms with Gasteiger partial charge in [0.25, 0.3) is 0 Å². The third-order valence-corrected chi connectivity index (χ3v) is 4.68. The van der Waals surface area contributed by atoms with Crippen LogP contribution >= 0.6 is 23.2 Å². The predicted octanol–water partition coefficient (Wildman–Crippen LogP) is 5.80. The van der Waals surface area contributed by atoms with Crippen molar-refractivity contribution in [3.05, 3.63) is 62.9 Å². The number of hydrogen-bond donors (Lipinski definition) is 0. The molecule has 0 saturated carbocycles. The number of alkyl halides is 3. The van der Waals surface area contributed by atoms with E-state index in [0.717, 1.165) is 12.1 Å². The monoisotopic (exact) mass is 372 g/mol. The molecule has 7 heteroatoms. The van der Waals surface area contributed by atoms with E-state index in [2.05, 4.69) is 4.98 Å². The van der Waals surface area contributed by atoms with Crippen LogP contribution in [0.25, 0.3) is 11.0 Å². The largest absolute Gasteiger partial charge is 0.416 e. The molecule has 0 aliphatic heterocycles. The minimum absolute atomic E-state index is 0.308. The van der Waals surface area contributed by atoms with Gasteiger partial charge in [0.05, 0.1) is 16.6 Å². The first kappa shape index (κ1) is 17.1. The van der Waals surface area contributed by atoms with E-state index >= 15 is 0 Å². The Kier molecular flexibility index (Phi) is 4.26. The normalized spacial score (nSPS) is 12.1. The van der Waals surface area contributed by atoms with E-state index in [1.165, 1.54) is 0 Å². The molecule has 0 aliphatic rings. The zero-order valence-corrected chi connectivity index (χ0v) is 14.4. The molecule has 0 spiro atoms. The maximum Gasteiger partial charge on any atom is 0.416 e. The summed E-state index contributed by atoms with van der Waals surface area (Å²) < 4.78 is 40.7. The number of halogens is 5. The van der Waals surface area contributed by atoms with Crippen LogP contribution in [-0.2, 0) is 19.6 Å². The van der Waals surface area contributed by atoms with E-state index in [9.17, 15) is 13.2 Å². The van der Waals surface area contributed by atoms with Crippen LogP contribution in [-0.4, -0.2) is 9.55 Å². The molecule has 0 saturated heterocycles. The highest BCUT2D eigenvalue weighted by Gasteiger charge is 2.31. The lowest BCUT2D eigenvalue weighted by Gasteiger charge is -2.09. The first-order valence-electron chi connectivity index (χ1n) is 7.14. The van der Waals surface area contributed by atoms with Crippen molar-refractivity contribution in [3.8, 4) is 0 Å². The van der Waals surface area contributed by atoms with Gasteiger partial charge in [-0.1, -0.05) is 29.3 Å². The molecule has 1 aromatic heterocycles. The van der Waals surface area contributed by atoms with Crippen molar-refractivity contribution in [2.45, 2.75) is 19.5 Å². The van der Waals surface area contributed by atoms with Crippen LogP contribution in [0.1, 0.15) is 22.5 Å². The Balaban J connectivity index is 2.14. The van der Waals surface area contributed by atoms with E-state index in [4.69, 9.17) is 23.2 Å². The first-order chi connectivity index (χ1) is 11.2. The quantitative estimate of drug-likeness (QED) is 0.555. The molecule has 3 rings (SSSR count). The third kappa shape index (κ3) is 2.98. The van der Waals surface area contributed by atoms with Gasteiger partial charge >= 0.3 is 6.18 Å². The van der Waals surface area contributed by atoms with Gasteiger partial charge in [0, 0.05) is 23.5 Å². The van der Waals surface area contributed by atoms with Crippen molar-refractivity contribution in [1.82, 2.24) is 9.55 Å². The summed E-state index contributed by atoms with van der Waals surface area (Å²) in [6.07, 6.45) is -4.06. The second-order valence-corrected chi connectivity index (χ2v) is 6.44. The van der Waals surface area contributed by atoms with Crippen LogP contribution in [0, 0.1) is 6.92 Å². The Morgan fingerprint density at radius 1 is 1.12 bits per heavy atom. The molecule has 0 N–H and O–H groups in total. The number of imidazole rings is 1. The number of fused-ring (bicyclic) bond motifs is 1. The average molecular weight is 373 g/mol. The number of aryl methyl sites for hydroxylation is 2. The van der Waals surface area contributed by atoms with Crippen LogP contribution in [0.4, 0.5) is 13.2 Å². The molecular formula is C17H13Cl2F3N2. The highest BCUT2D eigenvalue weighted by atomic mass is 35.5. The molecule has 2 nitrogen and oxygen atoms in total. The Bertz CT molecular complexity index is 909. The van der Waals surface area contributed by atoms with Gasteiger partial charge in [-0.3, -0.25) is 0 Å². The number of benzene rings is 2. The molecule has 0 aliphatic carbocycles. The summed E-state index contributed by atoms with van der Waals surface area (Å²) in [4.78, 5) is 4.37. The summed E-state index contributed by atoms with van der Waals surface area (Å²) in [6, 6.07) is 7.38. The van der Waals surface area contributed by atoms with Crippen LogP contribution in [0.3, 0.4) is 0 Å². The van der Waals surface area contributed by atoms with Crippen molar-refractivity contribution in [2.75, 3.05) is 0 Å². The predicted molar refractivity (Wildman–Crippen MR) is 89.7 cm³/mol. The van der Waals surface area contributed by atoms with Crippen molar-refractivity contribution in [1.29, 1.82) is 0 Å². The molecule has 2 aromatic carbocycles. The molecule has 0 amide bonds. The fourth-order valence-corrected chi connectivity index (χ4v) is 3.34. The first-order valence-corrected chi connectivity index (χ1v) is 7.90. The Morgan fingerprint density at radius 3 is 2.33 bits per heavy atom. The molecule has 0 fully saturated rings. The van der Waals surface area contributed by atoms with E-state index < -0.39 is 11.7 Å². The average Bonchev–Trinajstić information content (AvgIpc) is 2.79. The van der Waals surface area contributed by atoms with Crippen LogP contribution in [0.5, 0.6) is 0 Å². The number of aromatic nitrogens is 2. The van der Waals surface area contributed by atoms with Gasteiger partial charge in [-0.25, -0.2) is 4.98 Å². The lowest BCUT2D eigenvalue weighted by atomic mass is 10.1. The van der Waals surface area contributed by atoms with Crippen molar-refractivity contribution in [2.24, 2.45) is 7.05 Å². The third-order valence-electron chi connectivity index (χ3n) is 3.98. The highest BCUT2D eigenvalue weighted by Crippen LogP contribution is 2.34. The minimum atomic E-state index is -4.40. The summed E-state index contributed by atoms with van der Waals surface area (Å²) >= 11 is 12.4. The summed E-state index contributed by atoms with van der Waals surface area (Å²) in [5.41, 5.74) is 1.50. The van der Waals surface area contributed by atoms with Gasteiger partial charge in [0.1, 0.15) is 5.82 Å². The fraction of sp³-hybridized carbons (Fsp3) is 0.235. The van der Waals surface area contributed by atoms with E-state index in [-0.39, 0.29) is 0 Å². The maximum absolute atomic E-state index is 13.0. The summed E-state index contributed by atoms with van der Waals surface area (Å²) in [5.74, 6) is 0.599. The smallest absolute Gasteiger partial charge is 0.331 e. The van der Waals surface area contributed by atoms with Gasteiger partial charge in [0.2, 0.25) is 0 Å². The molecule has 0 atom stereocenters. The van der Waals surface area contributed by atoms with Crippen molar-refractivity contribution < 1.29 is 13.2 Å². The molecule has 1 heterocycles. The van der Waals surface area contributed by atoms with Gasteiger partial charge < -0.3 is 4.57 Å². The number of nitrogens with zero attached hydrogens (tertiary/aromatic N) is 2. The fourth-order valence-electron chi connectivity index (χ4n) is 2.81. The van der Waals surface area contributed by atoms with Gasteiger partial charge in [0.15, 0.2) is 0 Å². The molecule has 3 aromatic rings. The zero-order chi connectivity index (χ0) is 17.6. The van der Waals surface area contributed by atoms with E-state index in [1.54, 1.807) is 36.7 Å². The second kappa shape index (κ2) is 5.97. The van der Waals surface area contributed by atoms with Crippen molar-refractivity contribution >= 4 is 34.2 Å². The molecule has 0 unspecified atom stereocenters. The summed E-state index contributed by atoms with van der Waals surface area (Å²) in [7, 11) is 1.77. The second-order valence-electron chi connectivity index (χ2n) is 5.62. The molecular weight excluding hydrogens is 360 g/mol. The number of hydrogen-bond acceptors (Lipinski definition) is 1. The van der Waals surface area contributed by atoms with Gasteiger partial charge in [-0.15, -0.1) is 0 Å². The lowest BCUT2D eigenvalue weighted by molar-refractivity contribution is -0.137. The molecule has 0 bridgehead atoms. The minimum Gasteiger partial charge on any atom is -0.331 e. The maximum atomic E-state index is 13.0. The zero-order valence-electron chi connectivity index (χ0n) is 12.9. The molecule has 0 radical (unpaired) electrons. The topological polar surface area (TPSA) is 17.8 Å². The SMILES string of the molecule is Cc1cc(C(F)(F)F)cc2nc(Cc3c(Cl)cccc3Cl)n(C)c12. The Labute approximate surface area is 146 Å². The Hall–Kier alpha value is -1.72. The number of rotatable bonds is 2. The lowest BCUT2D eigenvalue weighted by Crippen LogP contribution is -2.05.